The summed E-state index contributed by atoms with van der Waals surface area (Å²) in [6, 6.07) is 4.36. The highest BCUT2D eigenvalue weighted by Gasteiger charge is 2.43. The van der Waals surface area contributed by atoms with Crippen LogP contribution in [-0.4, -0.2) is 80.7 Å². The molecule has 0 amide bonds. The van der Waals surface area contributed by atoms with Crippen molar-refractivity contribution in [3.05, 3.63) is 22.4 Å². The Bertz CT molecular complexity index is 506. The van der Waals surface area contributed by atoms with Gasteiger partial charge in [0.25, 0.3) is 0 Å². The maximum atomic E-state index is 6.58. The van der Waals surface area contributed by atoms with Crippen LogP contribution in [0.25, 0.3) is 0 Å². The summed E-state index contributed by atoms with van der Waals surface area (Å²) < 4.78 is 17.9. The molecule has 5 nitrogen and oxygen atoms in total. The molecule has 4 heterocycles. The van der Waals surface area contributed by atoms with Crippen molar-refractivity contribution in [2.75, 3.05) is 59.2 Å². The molecule has 0 saturated carbocycles. The van der Waals surface area contributed by atoms with Crippen LogP contribution >= 0.6 is 11.3 Å². The number of morpholine rings is 1. The average Bonchev–Trinajstić information content (AvgIpc) is 3.18. The Balaban J connectivity index is 1.34. The van der Waals surface area contributed by atoms with E-state index >= 15 is 0 Å². The highest BCUT2D eigenvalue weighted by Crippen LogP contribution is 2.34. The van der Waals surface area contributed by atoms with Crippen molar-refractivity contribution in [1.82, 2.24) is 9.80 Å². The van der Waals surface area contributed by atoms with Crippen LogP contribution in [0.5, 0.6) is 0 Å². The van der Waals surface area contributed by atoms with Crippen LogP contribution in [0.2, 0.25) is 0 Å². The molecule has 6 heteroatoms. The highest BCUT2D eigenvalue weighted by molar-refractivity contribution is 7.09. The van der Waals surface area contributed by atoms with E-state index in [9.17, 15) is 0 Å². The van der Waals surface area contributed by atoms with Gasteiger partial charge < -0.3 is 14.2 Å². The van der Waals surface area contributed by atoms with Crippen LogP contribution in [0, 0.1) is 0 Å². The zero-order valence-corrected chi connectivity index (χ0v) is 15.1. The van der Waals surface area contributed by atoms with Gasteiger partial charge in [0.2, 0.25) is 0 Å². The molecule has 1 aromatic heterocycles. The predicted molar refractivity (Wildman–Crippen MR) is 94.5 cm³/mol. The van der Waals surface area contributed by atoms with Crippen LogP contribution in [-0.2, 0) is 20.8 Å². The number of thiophene rings is 1. The van der Waals surface area contributed by atoms with Crippen LogP contribution in [0.3, 0.4) is 0 Å². The van der Waals surface area contributed by atoms with E-state index in [4.69, 9.17) is 14.2 Å². The van der Waals surface area contributed by atoms with Crippen LogP contribution in [0.15, 0.2) is 17.5 Å². The molecule has 0 unspecified atom stereocenters. The first-order valence-corrected chi connectivity index (χ1v) is 10.00. The van der Waals surface area contributed by atoms with Gasteiger partial charge in [0.15, 0.2) is 0 Å². The van der Waals surface area contributed by atoms with Gasteiger partial charge in [-0.1, -0.05) is 6.07 Å². The minimum absolute atomic E-state index is 0.106. The second-order valence-corrected chi connectivity index (χ2v) is 8.25. The molecule has 0 bridgehead atoms. The van der Waals surface area contributed by atoms with Gasteiger partial charge in [-0.15, -0.1) is 11.3 Å². The summed E-state index contributed by atoms with van der Waals surface area (Å²) in [6.45, 7) is 9.38. The molecule has 3 aliphatic rings. The maximum Gasteiger partial charge on any atom is 0.105 e. The fourth-order valence-electron chi connectivity index (χ4n) is 4.06. The Morgan fingerprint density at radius 1 is 1.12 bits per heavy atom. The molecule has 0 radical (unpaired) electrons. The van der Waals surface area contributed by atoms with Gasteiger partial charge in [0.1, 0.15) is 5.60 Å². The van der Waals surface area contributed by atoms with Crippen molar-refractivity contribution in [1.29, 1.82) is 0 Å². The van der Waals surface area contributed by atoms with Crippen molar-refractivity contribution >= 4 is 11.3 Å². The molecule has 0 N–H and O–H groups in total. The fraction of sp³-hybridized carbons (Fsp3) is 0.778. The molecule has 0 aliphatic carbocycles. The minimum atomic E-state index is -0.106. The third-order valence-corrected chi connectivity index (χ3v) is 6.15. The molecule has 4 rings (SSSR count). The number of nitrogens with zero attached hydrogens (tertiary/aromatic N) is 2. The molecule has 24 heavy (non-hydrogen) atoms. The molecule has 3 saturated heterocycles. The lowest BCUT2D eigenvalue weighted by molar-refractivity contribution is -0.0966. The second kappa shape index (κ2) is 7.81. The molecule has 1 spiro atoms. The maximum absolute atomic E-state index is 6.58. The Morgan fingerprint density at radius 2 is 1.96 bits per heavy atom. The van der Waals surface area contributed by atoms with E-state index in [1.807, 2.05) is 11.3 Å². The van der Waals surface area contributed by atoms with Crippen LogP contribution in [0.4, 0.5) is 0 Å². The number of hydrogen-bond donors (Lipinski definition) is 0. The fourth-order valence-corrected chi connectivity index (χ4v) is 4.81. The van der Waals surface area contributed by atoms with Gasteiger partial charge in [0, 0.05) is 44.1 Å². The minimum Gasteiger partial charge on any atom is -0.379 e. The topological polar surface area (TPSA) is 34.2 Å². The van der Waals surface area contributed by atoms with E-state index < -0.39 is 0 Å². The van der Waals surface area contributed by atoms with E-state index in [0.29, 0.717) is 6.10 Å². The van der Waals surface area contributed by atoms with E-state index in [1.54, 1.807) is 0 Å². The third-order valence-electron chi connectivity index (χ3n) is 5.29. The molecule has 3 aliphatic heterocycles. The lowest BCUT2D eigenvalue weighted by Crippen LogP contribution is -2.46. The quantitative estimate of drug-likeness (QED) is 0.826. The molecule has 3 fully saturated rings. The summed E-state index contributed by atoms with van der Waals surface area (Å²) in [5.41, 5.74) is -0.106. The monoisotopic (exact) mass is 352 g/mol. The van der Waals surface area contributed by atoms with E-state index in [1.165, 1.54) is 4.88 Å². The Kier molecular flexibility index (Phi) is 5.51. The second-order valence-electron chi connectivity index (χ2n) is 7.22. The van der Waals surface area contributed by atoms with Crippen LogP contribution in [0.1, 0.15) is 17.7 Å². The largest absolute Gasteiger partial charge is 0.379 e. The zero-order valence-electron chi connectivity index (χ0n) is 14.3. The Morgan fingerprint density at radius 3 is 2.79 bits per heavy atom. The highest BCUT2D eigenvalue weighted by atomic mass is 32.1. The summed E-state index contributed by atoms with van der Waals surface area (Å²) in [5.74, 6) is 0. The van der Waals surface area contributed by atoms with Gasteiger partial charge in [-0.25, -0.2) is 0 Å². The summed E-state index contributed by atoms with van der Waals surface area (Å²) >= 11 is 1.84. The van der Waals surface area contributed by atoms with Gasteiger partial charge in [-0.05, 0) is 24.3 Å². The van der Waals surface area contributed by atoms with Gasteiger partial charge in [-0.2, -0.15) is 0 Å². The smallest absolute Gasteiger partial charge is 0.105 e. The average molecular weight is 353 g/mol. The van der Waals surface area contributed by atoms with Crippen molar-refractivity contribution < 1.29 is 14.2 Å². The van der Waals surface area contributed by atoms with Crippen molar-refractivity contribution in [3.63, 3.8) is 0 Å². The van der Waals surface area contributed by atoms with Gasteiger partial charge in [0.05, 0.1) is 32.5 Å². The predicted octanol–water partition coefficient (Wildman–Crippen LogP) is 1.83. The summed E-state index contributed by atoms with van der Waals surface area (Å²) in [4.78, 5) is 6.42. The normalized spacial score (nSPS) is 33.1. The molecular formula is C18H28N2O3S. The van der Waals surface area contributed by atoms with Crippen LogP contribution < -0.4 is 0 Å². The Labute approximate surface area is 148 Å². The summed E-state index contributed by atoms with van der Waals surface area (Å²) in [5, 5.41) is 2.16. The zero-order chi connectivity index (χ0) is 16.2. The van der Waals surface area contributed by atoms with E-state index in [0.717, 1.165) is 78.5 Å². The molecule has 1 aromatic rings. The number of rotatable bonds is 4. The van der Waals surface area contributed by atoms with Crippen molar-refractivity contribution in [2.45, 2.75) is 31.1 Å². The molecule has 0 aromatic carbocycles. The molecular weight excluding hydrogens is 324 g/mol. The summed E-state index contributed by atoms with van der Waals surface area (Å²) in [6.07, 6.45) is 2.60. The lowest BCUT2D eigenvalue weighted by atomic mass is 10.00. The standard InChI is InChI=1S/C18H28N2O3S/c1-2-17(24-11-1)13-20-7-10-22-15-18(14-20)4-3-16(23-18)12-19-5-8-21-9-6-19/h1-2,11,16H,3-10,12-15H2/t16-,18+/m1/s1. The number of hydrogen-bond acceptors (Lipinski definition) is 6. The van der Waals surface area contributed by atoms with E-state index in [2.05, 4.69) is 27.3 Å². The van der Waals surface area contributed by atoms with Crippen molar-refractivity contribution in [3.8, 4) is 0 Å². The summed E-state index contributed by atoms with van der Waals surface area (Å²) in [7, 11) is 0. The number of ether oxygens (including phenoxy) is 3. The van der Waals surface area contributed by atoms with Crippen molar-refractivity contribution in [2.24, 2.45) is 0 Å². The van der Waals surface area contributed by atoms with E-state index in [-0.39, 0.29) is 5.60 Å². The van der Waals surface area contributed by atoms with Gasteiger partial charge in [-0.3, -0.25) is 9.80 Å². The SMILES string of the molecule is c1csc(CN2CCOC[C@]3(CC[C@H](CN4CCOCC4)O3)C2)c1. The Hall–Kier alpha value is -0.500. The third kappa shape index (κ3) is 4.18. The first-order valence-electron chi connectivity index (χ1n) is 9.12. The van der Waals surface area contributed by atoms with Gasteiger partial charge >= 0.3 is 0 Å². The first-order chi connectivity index (χ1) is 11.8. The molecule has 2 atom stereocenters. The first kappa shape index (κ1) is 16.9. The molecule has 134 valence electrons. The lowest BCUT2D eigenvalue weighted by Gasteiger charge is -2.33.